The molecule has 0 aromatic carbocycles. The number of unbranched alkanes of at least 4 members (excludes halogenated alkanes) is 4. The van der Waals surface area contributed by atoms with Crippen LogP contribution in [0.3, 0.4) is 0 Å². The molecule has 0 N–H and O–H groups in total. The third-order valence-electron chi connectivity index (χ3n) is 5.35. The second kappa shape index (κ2) is 12.6. The fourth-order valence-corrected chi connectivity index (χ4v) is 3.77. The van der Waals surface area contributed by atoms with E-state index in [1.54, 1.807) is 0 Å². The molecule has 0 bridgehead atoms. The molecule has 2 heterocycles. The smallest absolute Gasteiger partial charge is 0.168 e. The third-order valence-corrected chi connectivity index (χ3v) is 5.35. The summed E-state index contributed by atoms with van der Waals surface area (Å²) < 4.78 is 2.30. The SMILES string of the molecule is CC(CCCCCCCc1cccnc1)CC(C)CC[n+]1ccccc1. The van der Waals surface area contributed by atoms with Gasteiger partial charge in [0, 0.05) is 30.9 Å². The molecule has 0 saturated carbocycles. The van der Waals surface area contributed by atoms with Crippen molar-refractivity contribution in [3.05, 3.63) is 60.7 Å². The molecule has 0 aliphatic heterocycles. The highest BCUT2D eigenvalue weighted by Gasteiger charge is 2.11. The van der Waals surface area contributed by atoms with Crippen LogP contribution in [0.2, 0.25) is 0 Å². The molecule has 2 rings (SSSR count). The van der Waals surface area contributed by atoms with E-state index in [-0.39, 0.29) is 0 Å². The van der Waals surface area contributed by atoms with E-state index in [9.17, 15) is 0 Å². The van der Waals surface area contributed by atoms with E-state index in [0.717, 1.165) is 18.4 Å². The van der Waals surface area contributed by atoms with Crippen molar-refractivity contribution in [3.8, 4) is 0 Å². The minimum atomic E-state index is 0.817. The van der Waals surface area contributed by atoms with Crippen LogP contribution in [0.4, 0.5) is 0 Å². The number of nitrogens with zero attached hydrogens (tertiary/aromatic N) is 2. The first-order chi connectivity index (χ1) is 12.7. The van der Waals surface area contributed by atoms with E-state index in [4.69, 9.17) is 0 Å². The zero-order valence-corrected chi connectivity index (χ0v) is 16.8. The Labute approximate surface area is 160 Å². The second-order valence-electron chi connectivity index (χ2n) is 8.02. The van der Waals surface area contributed by atoms with Crippen molar-refractivity contribution in [1.82, 2.24) is 4.98 Å². The van der Waals surface area contributed by atoms with Gasteiger partial charge < -0.3 is 0 Å². The Morgan fingerprint density at radius 2 is 1.58 bits per heavy atom. The molecule has 0 radical (unpaired) electrons. The van der Waals surface area contributed by atoms with Crippen LogP contribution in [0.25, 0.3) is 0 Å². The van der Waals surface area contributed by atoms with Crippen molar-refractivity contribution in [1.29, 1.82) is 0 Å². The highest BCUT2D eigenvalue weighted by atomic mass is 14.9. The lowest BCUT2D eigenvalue weighted by Crippen LogP contribution is -2.33. The van der Waals surface area contributed by atoms with Crippen molar-refractivity contribution in [3.63, 3.8) is 0 Å². The van der Waals surface area contributed by atoms with E-state index >= 15 is 0 Å². The second-order valence-corrected chi connectivity index (χ2v) is 8.02. The maximum Gasteiger partial charge on any atom is 0.168 e. The van der Waals surface area contributed by atoms with Crippen LogP contribution in [-0.4, -0.2) is 4.98 Å². The molecule has 2 atom stereocenters. The molecular weight excluding hydrogens is 316 g/mol. The van der Waals surface area contributed by atoms with Gasteiger partial charge in [-0.15, -0.1) is 0 Å². The van der Waals surface area contributed by atoms with Crippen molar-refractivity contribution < 1.29 is 4.57 Å². The first-order valence-electron chi connectivity index (χ1n) is 10.6. The number of aryl methyl sites for hydroxylation is 2. The molecule has 2 unspecified atom stereocenters. The number of hydrogen-bond donors (Lipinski definition) is 0. The maximum absolute atomic E-state index is 4.18. The van der Waals surface area contributed by atoms with Gasteiger partial charge in [-0.05, 0) is 42.7 Å². The fourth-order valence-electron chi connectivity index (χ4n) is 3.77. The molecule has 2 nitrogen and oxygen atoms in total. The predicted octanol–water partition coefficient (Wildman–Crippen LogP) is 6.00. The summed E-state index contributed by atoms with van der Waals surface area (Å²) in [5.74, 6) is 1.68. The Kier molecular flexibility index (Phi) is 10.0. The minimum Gasteiger partial charge on any atom is -0.264 e. The summed E-state index contributed by atoms with van der Waals surface area (Å²) in [4.78, 5) is 4.18. The highest BCUT2D eigenvalue weighted by Crippen LogP contribution is 2.21. The van der Waals surface area contributed by atoms with Crippen LogP contribution in [-0.2, 0) is 13.0 Å². The molecule has 0 amide bonds. The molecule has 2 heteroatoms. The Bertz CT molecular complexity index is 567. The summed E-state index contributed by atoms with van der Waals surface area (Å²) >= 11 is 0. The first-order valence-corrected chi connectivity index (χ1v) is 10.6. The summed E-state index contributed by atoms with van der Waals surface area (Å²) in [7, 11) is 0. The minimum absolute atomic E-state index is 0.817. The lowest BCUT2D eigenvalue weighted by atomic mass is 9.90. The van der Waals surface area contributed by atoms with Gasteiger partial charge in [-0.2, -0.15) is 0 Å². The Morgan fingerprint density at radius 3 is 2.35 bits per heavy atom. The molecule has 0 aliphatic rings. The molecule has 0 spiro atoms. The lowest BCUT2D eigenvalue weighted by Gasteiger charge is -2.16. The van der Waals surface area contributed by atoms with Gasteiger partial charge in [0.05, 0.1) is 0 Å². The topological polar surface area (TPSA) is 16.8 Å². The van der Waals surface area contributed by atoms with Crippen LogP contribution in [0, 0.1) is 11.8 Å². The monoisotopic (exact) mass is 353 g/mol. The molecule has 2 aromatic rings. The average molecular weight is 354 g/mol. The zero-order valence-electron chi connectivity index (χ0n) is 16.8. The quantitative estimate of drug-likeness (QED) is 0.318. The molecule has 26 heavy (non-hydrogen) atoms. The zero-order chi connectivity index (χ0) is 18.5. The van der Waals surface area contributed by atoms with Crippen LogP contribution in [0.15, 0.2) is 55.1 Å². The number of hydrogen-bond acceptors (Lipinski definition) is 1. The van der Waals surface area contributed by atoms with E-state index in [1.807, 2.05) is 18.5 Å². The highest BCUT2D eigenvalue weighted by molar-refractivity contribution is 5.08. The first kappa shape index (κ1) is 20.6. The molecule has 142 valence electrons. The average Bonchev–Trinajstić information content (AvgIpc) is 2.67. The van der Waals surface area contributed by atoms with Gasteiger partial charge in [-0.1, -0.05) is 58.1 Å². The van der Waals surface area contributed by atoms with Gasteiger partial charge in [0.2, 0.25) is 0 Å². The van der Waals surface area contributed by atoms with Crippen LogP contribution in [0.5, 0.6) is 0 Å². The Morgan fingerprint density at radius 1 is 0.846 bits per heavy atom. The predicted molar refractivity (Wildman–Crippen MR) is 110 cm³/mol. The van der Waals surface area contributed by atoms with Crippen molar-refractivity contribution >= 4 is 0 Å². The summed E-state index contributed by atoms with van der Waals surface area (Å²) in [5, 5.41) is 0. The Hall–Kier alpha value is -1.70. The molecular formula is C24H37N2+. The maximum atomic E-state index is 4.18. The van der Waals surface area contributed by atoms with Gasteiger partial charge in [0.25, 0.3) is 0 Å². The molecule has 0 fully saturated rings. The molecule has 0 saturated heterocycles. The van der Waals surface area contributed by atoms with Crippen molar-refractivity contribution in [2.45, 2.75) is 78.2 Å². The number of pyridine rings is 2. The van der Waals surface area contributed by atoms with Crippen LogP contribution in [0.1, 0.15) is 70.8 Å². The van der Waals surface area contributed by atoms with Gasteiger partial charge in [0.15, 0.2) is 12.4 Å². The van der Waals surface area contributed by atoms with E-state index < -0.39 is 0 Å². The Balaban J connectivity index is 1.45. The molecule has 0 aliphatic carbocycles. The van der Waals surface area contributed by atoms with Gasteiger partial charge in [0.1, 0.15) is 6.54 Å². The fraction of sp³-hybridized carbons (Fsp3) is 0.583. The normalized spacial score (nSPS) is 13.5. The number of rotatable bonds is 13. The molecule has 2 aromatic heterocycles. The van der Waals surface area contributed by atoms with Crippen LogP contribution < -0.4 is 4.57 Å². The summed E-state index contributed by atoms with van der Waals surface area (Å²) in [6, 6.07) is 10.5. The van der Waals surface area contributed by atoms with Crippen molar-refractivity contribution in [2.24, 2.45) is 11.8 Å². The van der Waals surface area contributed by atoms with E-state index in [0.29, 0.717) is 0 Å². The third kappa shape index (κ3) is 9.12. The van der Waals surface area contributed by atoms with Crippen LogP contribution >= 0.6 is 0 Å². The van der Waals surface area contributed by atoms with E-state index in [1.165, 1.54) is 63.4 Å². The van der Waals surface area contributed by atoms with Gasteiger partial charge >= 0.3 is 0 Å². The summed E-state index contributed by atoms with van der Waals surface area (Å²) in [6.07, 6.45) is 20.3. The standard InChI is InChI=1S/C24H37N2/c1-22(20-23(2)15-19-26-17-9-6-10-18-26)12-7-4-3-5-8-13-24-14-11-16-25-21-24/h6,9-11,14,16-18,21-23H,3-5,7-8,12-13,15,19-20H2,1-2H3/q+1. The van der Waals surface area contributed by atoms with Gasteiger partial charge in [-0.25, -0.2) is 4.57 Å². The van der Waals surface area contributed by atoms with E-state index in [2.05, 4.69) is 60.1 Å². The number of aromatic nitrogens is 2. The van der Waals surface area contributed by atoms with Gasteiger partial charge in [-0.3, -0.25) is 4.98 Å². The summed E-state index contributed by atoms with van der Waals surface area (Å²) in [5.41, 5.74) is 1.38. The van der Waals surface area contributed by atoms with Crippen molar-refractivity contribution in [2.75, 3.05) is 0 Å². The summed E-state index contributed by atoms with van der Waals surface area (Å²) in [6.45, 7) is 6.00. The largest absolute Gasteiger partial charge is 0.264 e. The lowest BCUT2D eigenvalue weighted by molar-refractivity contribution is -0.698.